The Morgan fingerprint density at radius 1 is 0.932 bits per heavy atom. The standard InChI is InChI=1S/C32H26F4N6OS/c1-21-6-5-7-22(2)29(21)39-31(44-19-25-8-3-4-9-28(25)33)40-38-18-23-10-12-24(13-11-23)30-37-20-42(41-30)26-14-16-27(17-15-26)43-32(34,35)36/h3-18,20H,19H2,1-2H3,(H,39,40)/b38-18-. The van der Waals surface area contributed by atoms with E-state index in [1.807, 2.05) is 56.3 Å². The number of rotatable bonds is 8. The van der Waals surface area contributed by atoms with Crippen LogP contribution in [0, 0.1) is 19.7 Å². The van der Waals surface area contributed by atoms with Gasteiger partial charge in [-0.25, -0.2) is 19.0 Å². The topological polar surface area (TPSA) is 76.7 Å². The third-order valence-electron chi connectivity index (χ3n) is 6.34. The second kappa shape index (κ2) is 13.6. The fraction of sp³-hybridized carbons (Fsp3) is 0.125. The second-order valence-electron chi connectivity index (χ2n) is 9.58. The van der Waals surface area contributed by atoms with E-state index >= 15 is 0 Å². The Bertz CT molecular complexity index is 1760. The van der Waals surface area contributed by atoms with Crippen LogP contribution in [0.2, 0.25) is 0 Å². The molecule has 4 aromatic carbocycles. The molecule has 0 bridgehead atoms. The van der Waals surface area contributed by atoms with Gasteiger partial charge in [0, 0.05) is 11.3 Å². The summed E-state index contributed by atoms with van der Waals surface area (Å²) in [6.07, 6.45) is -1.64. The van der Waals surface area contributed by atoms with Gasteiger partial charge in [-0.1, -0.05) is 72.4 Å². The number of benzene rings is 4. The number of hydrazone groups is 1. The second-order valence-corrected chi connectivity index (χ2v) is 10.5. The quantitative estimate of drug-likeness (QED) is 0.0823. The van der Waals surface area contributed by atoms with Crippen molar-refractivity contribution in [1.29, 1.82) is 0 Å². The molecule has 0 amide bonds. The van der Waals surface area contributed by atoms with Crippen LogP contribution in [0.15, 0.2) is 107 Å². The van der Waals surface area contributed by atoms with Crippen LogP contribution in [0.25, 0.3) is 17.1 Å². The summed E-state index contributed by atoms with van der Waals surface area (Å²) in [5, 5.41) is 9.32. The van der Waals surface area contributed by atoms with Crippen LogP contribution in [-0.4, -0.2) is 32.5 Å². The normalized spacial score (nSPS) is 12.1. The molecule has 0 fully saturated rings. The van der Waals surface area contributed by atoms with E-state index in [1.165, 1.54) is 53.1 Å². The average Bonchev–Trinajstić information content (AvgIpc) is 3.49. The number of amidine groups is 1. The lowest BCUT2D eigenvalue weighted by atomic mass is 10.1. The molecule has 0 unspecified atom stereocenters. The Hall–Kier alpha value is -4.97. The van der Waals surface area contributed by atoms with Gasteiger partial charge in [-0.3, -0.25) is 5.43 Å². The summed E-state index contributed by atoms with van der Waals surface area (Å²) in [5.74, 6) is 0.219. The molecule has 0 atom stereocenters. The van der Waals surface area contributed by atoms with E-state index < -0.39 is 6.36 Å². The van der Waals surface area contributed by atoms with Crippen molar-refractivity contribution in [2.75, 3.05) is 0 Å². The number of aromatic nitrogens is 3. The predicted octanol–water partition coefficient (Wildman–Crippen LogP) is 8.13. The first-order valence-corrected chi connectivity index (χ1v) is 14.3. The molecule has 44 heavy (non-hydrogen) atoms. The van der Waals surface area contributed by atoms with Crippen LogP contribution in [0.5, 0.6) is 5.75 Å². The van der Waals surface area contributed by atoms with Gasteiger partial charge in [-0.15, -0.1) is 18.3 Å². The molecule has 1 heterocycles. The number of aryl methyl sites for hydroxylation is 2. The van der Waals surface area contributed by atoms with Crippen molar-refractivity contribution in [3.63, 3.8) is 0 Å². The SMILES string of the molecule is Cc1cccc(C)c1N=C(N/N=C\c1ccc(-c2ncn(-c3ccc(OC(F)(F)F)cc3)n2)cc1)SCc1ccccc1F. The van der Waals surface area contributed by atoms with Gasteiger partial charge < -0.3 is 4.74 Å². The number of para-hydroxylation sites is 1. The number of hydrogen-bond donors (Lipinski definition) is 1. The molecule has 0 aliphatic heterocycles. The summed E-state index contributed by atoms with van der Waals surface area (Å²) in [5.41, 5.74) is 8.49. The van der Waals surface area contributed by atoms with Gasteiger partial charge >= 0.3 is 6.36 Å². The molecule has 0 radical (unpaired) electrons. The molecule has 0 saturated heterocycles. The number of nitrogens with one attached hydrogen (secondary N) is 1. The molecule has 0 spiro atoms. The van der Waals surface area contributed by atoms with Gasteiger partial charge in [0.2, 0.25) is 0 Å². The largest absolute Gasteiger partial charge is 0.573 e. The molecular weight excluding hydrogens is 592 g/mol. The minimum Gasteiger partial charge on any atom is -0.406 e. The van der Waals surface area contributed by atoms with Crippen LogP contribution in [0.3, 0.4) is 0 Å². The Balaban J connectivity index is 1.27. The number of halogens is 4. The highest BCUT2D eigenvalue weighted by molar-refractivity contribution is 8.13. The zero-order chi connectivity index (χ0) is 31.1. The van der Waals surface area contributed by atoms with Crippen LogP contribution >= 0.6 is 11.8 Å². The van der Waals surface area contributed by atoms with E-state index in [9.17, 15) is 17.6 Å². The fourth-order valence-corrected chi connectivity index (χ4v) is 4.93. The van der Waals surface area contributed by atoms with Crippen LogP contribution in [0.1, 0.15) is 22.3 Å². The van der Waals surface area contributed by atoms with Crippen LogP contribution in [0.4, 0.5) is 23.2 Å². The lowest BCUT2D eigenvalue weighted by Gasteiger charge is -2.09. The number of hydrogen-bond acceptors (Lipinski definition) is 6. The average molecular weight is 619 g/mol. The maximum absolute atomic E-state index is 14.2. The maximum atomic E-state index is 14.2. The Labute approximate surface area is 255 Å². The van der Waals surface area contributed by atoms with Crippen molar-refractivity contribution >= 4 is 28.8 Å². The monoisotopic (exact) mass is 618 g/mol. The zero-order valence-corrected chi connectivity index (χ0v) is 24.4. The highest BCUT2D eigenvalue weighted by Gasteiger charge is 2.31. The van der Waals surface area contributed by atoms with Gasteiger partial charge in [0.15, 0.2) is 11.0 Å². The summed E-state index contributed by atoms with van der Waals surface area (Å²) in [4.78, 5) is 9.11. The van der Waals surface area contributed by atoms with Gasteiger partial charge in [0.05, 0.1) is 17.6 Å². The number of ether oxygens (including phenoxy) is 1. The molecular formula is C32H26F4N6OS. The lowest BCUT2D eigenvalue weighted by molar-refractivity contribution is -0.274. The third-order valence-corrected chi connectivity index (χ3v) is 7.26. The minimum atomic E-state index is -4.76. The number of aliphatic imine (C=N–C) groups is 1. The van der Waals surface area contributed by atoms with E-state index in [-0.39, 0.29) is 11.6 Å². The molecule has 0 aliphatic carbocycles. The summed E-state index contributed by atoms with van der Waals surface area (Å²) < 4.78 is 56.8. The molecule has 7 nitrogen and oxygen atoms in total. The molecule has 224 valence electrons. The highest BCUT2D eigenvalue weighted by Crippen LogP contribution is 2.26. The van der Waals surface area contributed by atoms with Gasteiger partial charge in [0.1, 0.15) is 17.9 Å². The van der Waals surface area contributed by atoms with Crippen molar-refractivity contribution in [3.05, 3.63) is 125 Å². The summed E-state index contributed by atoms with van der Waals surface area (Å²) >= 11 is 1.35. The Morgan fingerprint density at radius 3 is 2.32 bits per heavy atom. The third kappa shape index (κ3) is 8.10. The molecule has 5 rings (SSSR count). The number of nitrogens with zero attached hydrogens (tertiary/aromatic N) is 5. The van der Waals surface area contributed by atoms with Crippen molar-refractivity contribution in [3.8, 4) is 22.8 Å². The first-order chi connectivity index (χ1) is 21.1. The molecule has 0 saturated carbocycles. The number of alkyl halides is 3. The van der Waals surface area contributed by atoms with Crippen molar-refractivity contribution in [1.82, 2.24) is 20.2 Å². The van der Waals surface area contributed by atoms with Crippen molar-refractivity contribution in [2.24, 2.45) is 10.1 Å². The van der Waals surface area contributed by atoms with E-state index in [4.69, 9.17) is 4.99 Å². The first-order valence-electron chi connectivity index (χ1n) is 13.3. The smallest absolute Gasteiger partial charge is 0.406 e. The summed E-state index contributed by atoms with van der Waals surface area (Å²) in [6.45, 7) is 3.97. The maximum Gasteiger partial charge on any atom is 0.573 e. The van der Waals surface area contributed by atoms with Crippen molar-refractivity contribution in [2.45, 2.75) is 26.0 Å². The van der Waals surface area contributed by atoms with Gasteiger partial charge in [-0.05, 0) is 66.4 Å². The fourth-order valence-electron chi connectivity index (χ4n) is 4.14. The lowest BCUT2D eigenvalue weighted by Crippen LogP contribution is -2.17. The molecule has 0 aliphatic rings. The van der Waals surface area contributed by atoms with Crippen LogP contribution < -0.4 is 10.2 Å². The Kier molecular flexibility index (Phi) is 9.39. The predicted molar refractivity (Wildman–Crippen MR) is 165 cm³/mol. The van der Waals surface area contributed by atoms with Gasteiger partial charge in [-0.2, -0.15) is 5.10 Å². The summed E-state index contributed by atoms with van der Waals surface area (Å²) in [7, 11) is 0. The van der Waals surface area contributed by atoms with Gasteiger partial charge in [0.25, 0.3) is 0 Å². The summed E-state index contributed by atoms with van der Waals surface area (Å²) in [6, 6.07) is 25.3. The molecule has 1 N–H and O–H groups in total. The van der Waals surface area contributed by atoms with E-state index in [0.29, 0.717) is 28.0 Å². The minimum absolute atomic E-state index is 0.275. The Morgan fingerprint density at radius 2 is 1.64 bits per heavy atom. The molecule has 5 aromatic rings. The number of thioether (sulfide) groups is 1. The molecule has 12 heteroatoms. The van der Waals surface area contributed by atoms with E-state index in [1.54, 1.807) is 24.4 Å². The van der Waals surface area contributed by atoms with E-state index in [0.717, 1.165) is 27.9 Å². The van der Waals surface area contributed by atoms with E-state index in [2.05, 4.69) is 25.3 Å². The van der Waals surface area contributed by atoms with Crippen LogP contribution in [-0.2, 0) is 5.75 Å². The molecule has 1 aromatic heterocycles. The van der Waals surface area contributed by atoms with Crippen molar-refractivity contribution < 1.29 is 22.3 Å². The highest BCUT2D eigenvalue weighted by atomic mass is 32.2. The zero-order valence-electron chi connectivity index (χ0n) is 23.6. The first kappa shape index (κ1) is 30.5.